The molecule has 0 aromatic heterocycles. The average Bonchev–Trinajstić information content (AvgIpc) is 2.62. The van der Waals surface area contributed by atoms with Gasteiger partial charge in [0.1, 0.15) is 0 Å². The van der Waals surface area contributed by atoms with Gasteiger partial charge in [-0.05, 0) is 30.5 Å². The van der Waals surface area contributed by atoms with E-state index in [-0.39, 0.29) is 17.9 Å². The minimum Gasteiger partial charge on any atom is -0.369 e. The molecule has 2 N–H and O–H groups in total. The average molecular weight is 308 g/mol. The Hall–Kier alpha value is -2.29. The van der Waals surface area contributed by atoms with Crippen molar-refractivity contribution in [3.8, 4) is 0 Å². The molecule has 3 nitrogen and oxygen atoms in total. The van der Waals surface area contributed by atoms with Crippen LogP contribution in [0.1, 0.15) is 31.2 Å². The van der Waals surface area contributed by atoms with Gasteiger partial charge < -0.3 is 10.6 Å². The quantitative estimate of drug-likeness (QED) is 0.938. The van der Waals surface area contributed by atoms with Crippen LogP contribution >= 0.6 is 0 Å². The fourth-order valence-corrected chi connectivity index (χ4v) is 3.65. The Morgan fingerprint density at radius 2 is 1.70 bits per heavy atom. The fourth-order valence-electron chi connectivity index (χ4n) is 3.65. The number of hydrogen-bond donors (Lipinski definition) is 1. The molecule has 0 aliphatic carbocycles. The maximum Gasteiger partial charge on any atom is 0.220 e. The van der Waals surface area contributed by atoms with E-state index in [4.69, 9.17) is 5.73 Å². The summed E-state index contributed by atoms with van der Waals surface area (Å²) in [4.78, 5) is 14.1. The Kier molecular flexibility index (Phi) is 4.65. The van der Waals surface area contributed by atoms with Gasteiger partial charge in [0.15, 0.2) is 0 Å². The Morgan fingerprint density at radius 3 is 2.30 bits per heavy atom. The van der Waals surface area contributed by atoms with Gasteiger partial charge >= 0.3 is 0 Å². The second-order valence-electron chi connectivity index (χ2n) is 6.42. The van der Waals surface area contributed by atoms with Crippen molar-refractivity contribution in [3.05, 3.63) is 66.2 Å². The van der Waals surface area contributed by atoms with E-state index in [0.717, 1.165) is 19.4 Å². The van der Waals surface area contributed by atoms with Crippen LogP contribution in [0.3, 0.4) is 0 Å². The Bertz CT molecular complexity index is 641. The number of rotatable bonds is 4. The minimum atomic E-state index is -0.164. The van der Waals surface area contributed by atoms with Crippen molar-refractivity contribution in [2.24, 2.45) is 11.7 Å². The van der Waals surface area contributed by atoms with Crippen molar-refractivity contribution in [2.75, 3.05) is 11.4 Å². The first-order chi connectivity index (χ1) is 11.2. The van der Waals surface area contributed by atoms with Crippen molar-refractivity contribution >= 4 is 11.6 Å². The van der Waals surface area contributed by atoms with Gasteiger partial charge in [-0.1, -0.05) is 55.5 Å². The number of primary amides is 1. The number of amides is 1. The number of hydrogen-bond acceptors (Lipinski definition) is 2. The molecule has 1 fully saturated rings. The number of nitrogens with two attached hydrogens (primary N) is 1. The third-order valence-electron chi connectivity index (χ3n) is 5.04. The van der Waals surface area contributed by atoms with E-state index in [9.17, 15) is 4.79 Å². The Balaban J connectivity index is 1.90. The normalized spacial score (nSPS) is 22.6. The molecule has 3 heteroatoms. The lowest BCUT2D eigenvalue weighted by Crippen LogP contribution is -2.48. The maximum absolute atomic E-state index is 11.7. The summed E-state index contributed by atoms with van der Waals surface area (Å²) in [6, 6.07) is 21.3. The highest BCUT2D eigenvalue weighted by Gasteiger charge is 2.34. The fraction of sp³-hybridized carbons (Fsp3) is 0.350. The van der Waals surface area contributed by atoms with E-state index in [1.54, 1.807) is 0 Å². The first kappa shape index (κ1) is 15.6. The number of anilines is 1. The highest BCUT2D eigenvalue weighted by atomic mass is 16.1. The number of benzene rings is 2. The van der Waals surface area contributed by atoms with E-state index < -0.39 is 0 Å². The zero-order valence-corrected chi connectivity index (χ0v) is 13.6. The van der Waals surface area contributed by atoms with Crippen LogP contribution in [-0.4, -0.2) is 18.5 Å². The zero-order valence-electron chi connectivity index (χ0n) is 13.6. The summed E-state index contributed by atoms with van der Waals surface area (Å²) in [6.07, 6.45) is 1.66. The number of carbonyl (C=O) groups excluding carboxylic acids is 1. The summed E-state index contributed by atoms with van der Waals surface area (Å²) in [5.41, 5.74) is 8.13. The molecule has 120 valence electrons. The van der Waals surface area contributed by atoms with Crippen LogP contribution in [0.5, 0.6) is 0 Å². The summed E-state index contributed by atoms with van der Waals surface area (Å²) in [7, 11) is 0. The van der Waals surface area contributed by atoms with Gasteiger partial charge in [-0.25, -0.2) is 0 Å². The van der Waals surface area contributed by atoms with Gasteiger partial charge in [-0.15, -0.1) is 0 Å². The van der Waals surface area contributed by atoms with E-state index in [2.05, 4.69) is 60.4 Å². The smallest absolute Gasteiger partial charge is 0.220 e. The van der Waals surface area contributed by atoms with Crippen LogP contribution in [0.2, 0.25) is 0 Å². The lowest BCUT2D eigenvalue weighted by Gasteiger charge is -2.43. The molecular weight excluding hydrogens is 284 g/mol. The molecule has 0 radical (unpaired) electrons. The molecule has 3 unspecified atom stereocenters. The summed E-state index contributed by atoms with van der Waals surface area (Å²) in [6.45, 7) is 3.12. The molecule has 0 spiro atoms. The second-order valence-corrected chi connectivity index (χ2v) is 6.42. The topological polar surface area (TPSA) is 46.3 Å². The lowest BCUT2D eigenvalue weighted by molar-refractivity contribution is -0.122. The van der Waals surface area contributed by atoms with Crippen molar-refractivity contribution in [1.29, 1.82) is 0 Å². The van der Waals surface area contributed by atoms with E-state index in [1.165, 1.54) is 11.3 Å². The molecule has 2 aromatic carbocycles. The van der Waals surface area contributed by atoms with Crippen LogP contribution in [0.15, 0.2) is 60.7 Å². The number of para-hydroxylation sites is 1. The summed E-state index contributed by atoms with van der Waals surface area (Å²) in [5, 5.41) is 0. The molecule has 0 saturated carbocycles. The third-order valence-corrected chi connectivity index (χ3v) is 5.04. The Labute approximate surface area is 138 Å². The van der Waals surface area contributed by atoms with Gasteiger partial charge in [-0.2, -0.15) is 0 Å². The maximum atomic E-state index is 11.7. The van der Waals surface area contributed by atoms with Gasteiger partial charge in [0.2, 0.25) is 5.91 Å². The molecule has 0 bridgehead atoms. The van der Waals surface area contributed by atoms with Crippen molar-refractivity contribution in [2.45, 2.75) is 31.7 Å². The summed E-state index contributed by atoms with van der Waals surface area (Å²) >= 11 is 0. The molecule has 1 heterocycles. The molecular formula is C20H24N2O. The van der Waals surface area contributed by atoms with Gasteiger partial charge in [0, 0.05) is 30.1 Å². The third kappa shape index (κ3) is 3.39. The van der Waals surface area contributed by atoms with Crippen LogP contribution in [-0.2, 0) is 4.79 Å². The molecule has 1 saturated heterocycles. The lowest BCUT2D eigenvalue weighted by atomic mass is 9.81. The predicted molar refractivity (Wildman–Crippen MR) is 94.4 cm³/mol. The van der Waals surface area contributed by atoms with Crippen molar-refractivity contribution in [3.63, 3.8) is 0 Å². The Morgan fingerprint density at radius 1 is 1.09 bits per heavy atom. The van der Waals surface area contributed by atoms with E-state index >= 15 is 0 Å². The molecule has 1 aliphatic rings. The van der Waals surface area contributed by atoms with Crippen LogP contribution in [0.4, 0.5) is 5.69 Å². The molecule has 1 amide bonds. The molecule has 2 aromatic rings. The summed E-state index contributed by atoms with van der Waals surface area (Å²) in [5.74, 6) is 0.160. The standard InChI is InChI=1S/C20H24N2O/c1-15(16-8-4-2-5-9-16)19-14-17(20(21)23)12-13-22(19)18-10-6-3-7-11-18/h2-11,15,17,19H,12-14H2,1H3,(H2,21,23). The second kappa shape index (κ2) is 6.86. The van der Waals surface area contributed by atoms with E-state index in [0.29, 0.717) is 5.92 Å². The van der Waals surface area contributed by atoms with Crippen molar-refractivity contribution < 1.29 is 4.79 Å². The van der Waals surface area contributed by atoms with Crippen LogP contribution in [0, 0.1) is 5.92 Å². The van der Waals surface area contributed by atoms with E-state index in [1.807, 2.05) is 12.1 Å². The molecule has 3 rings (SSSR count). The molecule has 1 aliphatic heterocycles. The summed E-state index contributed by atoms with van der Waals surface area (Å²) < 4.78 is 0. The molecule has 23 heavy (non-hydrogen) atoms. The minimum absolute atomic E-state index is 0.0221. The number of carbonyl (C=O) groups is 1. The number of piperidine rings is 1. The monoisotopic (exact) mass is 308 g/mol. The van der Waals surface area contributed by atoms with Crippen molar-refractivity contribution in [1.82, 2.24) is 0 Å². The highest BCUT2D eigenvalue weighted by molar-refractivity contribution is 5.77. The molecule has 3 atom stereocenters. The van der Waals surface area contributed by atoms with Gasteiger partial charge in [0.05, 0.1) is 0 Å². The highest BCUT2D eigenvalue weighted by Crippen LogP contribution is 2.35. The van der Waals surface area contributed by atoms with Crippen LogP contribution in [0.25, 0.3) is 0 Å². The largest absolute Gasteiger partial charge is 0.369 e. The predicted octanol–water partition coefficient (Wildman–Crippen LogP) is 3.56. The van der Waals surface area contributed by atoms with Crippen LogP contribution < -0.4 is 10.6 Å². The zero-order chi connectivity index (χ0) is 16.2. The first-order valence-electron chi connectivity index (χ1n) is 8.32. The SMILES string of the molecule is CC(c1ccccc1)C1CC(C(N)=O)CCN1c1ccccc1. The first-order valence-corrected chi connectivity index (χ1v) is 8.32. The van der Waals surface area contributed by atoms with Gasteiger partial charge in [-0.3, -0.25) is 4.79 Å². The number of nitrogens with zero attached hydrogens (tertiary/aromatic N) is 1. The van der Waals surface area contributed by atoms with Gasteiger partial charge in [0.25, 0.3) is 0 Å².